The van der Waals surface area contributed by atoms with Gasteiger partial charge in [0.05, 0.1) is 33.6 Å². The van der Waals surface area contributed by atoms with Gasteiger partial charge in [-0.15, -0.1) is 0 Å². The smallest absolute Gasteiger partial charge is 0.137 e. The van der Waals surface area contributed by atoms with E-state index in [0.717, 1.165) is 45.0 Å². The van der Waals surface area contributed by atoms with Crippen LogP contribution in [0.3, 0.4) is 0 Å². The highest BCUT2D eigenvalue weighted by molar-refractivity contribution is 6.09. The van der Waals surface area contributed by atoms with Crippen LogP contribution in [-0.4, -0.2) is 16.2 Å². The molecular weight excluding hydrogens is 793 g/mol. The third kappa shape index (κ3) is 7.84. The van der Waals surface area contributed by atoms with Gasteiger partial charge in [0.15, 0.2) is 0 Å². The molecule has 5 heteroatoms. The highest BCUT2D eigenvalue weighted by Gasteiger charge is 2.33. The number of pyridine rings is 1. The number of anilines is 4. The quantitative estimate of drug-likeness (QED) is 0.160. The predicted octanol–water partition coefficient (Wildman–Crippen LogP) is 16.4. The molecule has 0 bridgehead atoms. The van der Waals surface area contributed by atoms with Crippen LogP contribution in [0, 0.1) is 0 Å². The highest BCUT2D eigenvalue weighted by Crippen LogP contribution is 2.52. The first-order valence-corrected chi connectivity index (χ1v) is 22.6. The number of hydrogen-bond donors (Lipinski definition) is 0. The minimum absolute atomic E-state index is 0.0882. The van der Waals surface area contributed by atoms with Crippen molar-refractivity contribution in [2.45, 2.75) is 78.6 Å². The summed E-state index contributed by atoms with van der Waals surface area (Å²) in [5.74, 6) is 1.79. The van der Waals surface area contributed by atoms with E-state index in [4.69, 9.17) is 15.2 Å². The summed E-state index contributed by atoms with van der Waals surface area (Å²) < 4.78 is 44.3. The third-order valence-electron chi connectivity index (χ3n) is 12.7. The van der Waals surface area contributed by atoms with E-state index in [2.05, 4.69) is 187 Å². The van der Waals surface area contributed by atoms with E-state index in [1.54, 1.807) is 6.20 Å². The van der Waals surface area contributed by atoms with Crippen molar-refractivity contribution in [3.8, 4) is 39.6 Å². The maximum absolute atomic E-state index is 9.13. The topological polar surface area (TPSA) is 33.5 Å². The molecule has 0 saturated heterocycles. The van der Waals surface area contributed by atoms with Crippen LogP contribution in [0.5, 0.6) is 11.5 Å². The van der Waals surface area contributed by atoms with Crippen molar-refractivity contribution in [3.05, 3.63) is 193 Å². The summed E-state index contributed by atoms with van der Waals surface area (Å²) in [6.07, 6.45) is 1.77. The maximum Gasteiger partial charge on any atom is 0.137 e. The Kier molecular flexibility index (Phi) is 9.09. The summed E-state index contributed by atoms with van der Waals surface area (Å²) in [4.78, 5) is 9.65. The van der Waals surface area contributed by atoms with E-state index in [9.17, 15) is 0 Å². The zero-order chi connectivity index (χ0) is 48.7. The average molecular weight is 855 g/mol. The van der Waals surface area contributed by atoms with Crippen molar-refractivity contribution >= 4 is 44.6 Å². The summed E-state index contributed by atoms with van der Waals surface area (Å²) in [7, 11) is 0. The molecule has 3 heterocycles. The number of para-hydroxylation sites is 3. The van der Waals surface area contributed by atoms with Gasteiger partial charge in [-0.3, -0.25) is 4.57 Å². The van der Waals surface area contributed by atoms with Crippen LogP contribution >= 0.6 is 0 Å². The zero-order valence-corrected chi connectivity index (χ0v) is 38.8. The van der Waals surface area contributed by atoms with Crippen LogP contribution in [0.15, 0.2) is 176 Å². The second kappa shape index (κ2) is 15.8. The van der Waals surface area contributed by atoms with Crippen molar-refractivity contribution in [2.75, 3.05) is 16.5 Å². The second-order valence-electron chi connectivity index (χ2n) is 20.3. The molecule has 0 amide bonds. The fraction of sp³-hybridized carbons (Fsp3) is 0.217. The van der Waals surface area contributed by atoms with Gasteiger partial charge in [0, 0.05) is 45.9 Å². The monoisotopic (exact) mass is 854 g/mol. The molecule has 0 radical (unpaired) electrons. The standard InChI is InChI=1S/C60H58N4O/c1-58(2,3)42-30-31-61-56(36-42)64-52-25-17-16-24-48(52)49-29-28-46(38-55(49)64)65-47-33-43(59(4,5)6)32-45(37-47)62-39-63(54-27-19-18-26-53(54)62)57-50(40-20-12-10-13-21-40)34-44(60(7,8)9)35-51(57)41-22-14-11-15-23-41/h10-38H,39H2,1-9H3/i16D,17D,24D,25D. The summed E-state index contributed by atoms with van der Waals surface area (Å²) in [6.45, 7) is 20.5. The minimum atomic E-state index is -0.289. The van der Waals surface area contributed by atoms with Crippen LogP contribution in [0.1, 0.15) is 84.5 Å². The molecule has 0 atom stereocenters. The Labute approximate surface area is 390 Å². The normalized spacial score (nSPS) is 14.0. The van der Waals surface area contributed by atoms with E-state index in [-0.39, 0.29) is 40.4 Å². The molecule has 1 aliphatic rings. The zero-order valence-electron chi connectivity index (χ0n) is 42.8. The molecule has 0 aliphatic carbocycles. The van der Waals surface area contributed by atoms with Gasteiger partial charge < -0.3 is 14.5 Å². The third-order valence-corrected chi connectivity index (χ3v) is 12.7. The lowest BCUT2D eigenvalue weighted by Gasteiger charge is -2.30. The molecule has 10 rings (SSSR count). The fourth-order valence-electron chi connectivity index (χ4n) is 9.03. The second-order valence-corrected chi connectivity index (χ2v) is 20.3. The Balaban J connectivity index is 1.13. The first-order chi connectivity index (χ1) is 32.8. The Morgan fingerprint density at radius 3 is 1.72 bits per heavy atom. The van der Waals surface area contributed by atoms with Gasteiger partial charge in [0.1, 0.15) is 24.0 Å². The number of ether oxygens (including phenoxy) is 1. The predicted molar refractivity (Wildman–Crippen MR) is 274 cm³/mol. The lowest BCUT2D eigenvalue weighted by atomic mass is 9.82. The summed E-state index contributed by atoms with van der Waals surface area (Å²) in [6, 6.07) is 50.4. The van der Waals surface area contributed by atoms with Gasteiger partial charge in [-0.25, -0.2) is 4.98 Å². The van der Waals surface area contributed by atoms with Gasteiger partial charge in [0.2, 0.25) is 0 Å². The lowest BCUT2D eigenvalue weighted by molar-refractivity contribution is 0.479. The van der Waals surface area contributed by atoms with E-state index < -0.39 is 0 Å². The molecule has 2 aromatic heterocycles. The van der Waals surface area contributed by atoms with E-state index >= 15 is 0 Å². The molecule has 0 spiro atoms. The Hall–Kier alpha value is -7.11. The van der Waals surface area contributed by atoms with Gasteiger partial charge in [0.25, 0.3) is 0 Å². The Bertz CT molecular complexity index is 3390. The van der Waals surface area contributed by atoms with Crippen molar-refractivity contribution in [2.24, 2.45) is 0 Å². The number of fused-ring (bicyclic) bond motifs is 4. The van der Waals surface area contributed by atoms with Gasteiger partial charge in [-0.05, 0) is 111 Å². The molecule has 7 aromatic carbocycles. The maximum atomic E-state index is 9.13. The van der Waals surface area contributed by atoms with Gasteiger partial charge in [-0.2, -0.15) is 0 Å². The lowest BCUT2D eigenvalue weighted by Crippen LogP contribution is -2.26. The number of nitrogens with zero attached hydrogens (tertiary/aromatic N) is 4. The number of rotatable bonds is 7. The largest absolute Gasteiger partial charge is 0.457 e. The number of aromatic nitrogens is 2. The molecule has 9 aromatic rings. The van der Waals surface area contributed by atoms with Crippen molar-refractivity contribution < 1.29 is 10.2 Å². The van der Waals surface area contributed by atoms with Crippen LogP contribution in [-0.2, 0) is 16.2 Å². The SMILES string of the molecule is [2H]c1c([2H])c([2H])c2c(c1[2H])c1ccc(Oc3cc(N4CN(c5c(-c6ccccc6)cc(C(C)(C)C)cc5-c5ccccc5)c5ccccc54)cc(C(C)(C)C)c3)cc1n2-c1cc(C(C)(C)C)ccn1. The van der Waals surface area contributed by atoms with Crippen LogP contribution < -0.4 is 14.5 Å². The van der Waals surface area contributed by atoms with E-state index in [1.165, 1.54) is 16.7 Å². The van der Waals surface area contributed by atoms with E-state index in [0.29, 0.717) is 45.8 Å². The highest BCUT2D eigenvalue weighted by atomic mass is 16.5. The summed E-state index contributed by atoms with van der Waals surface area (Å²) in [5.41, 5.74) is 13.0. The first kappa shape index (κ1) is 37.3. The first-order valence-electron chi connectivity index (χ1n) is 24.6. The molecule has 0 saturated carbocycles. The van der Waals surface area contributed by atoms with Crippen molar-refractivity contribution in [1.29, 1.82) is 0 Å². The summed E-state index contributed by atoms with van der Waals surface area (Å²) in [5, 5.41) is 1.13. The molecule has 0 unspecified atom stereocenters. The molecule has 5 nitrogen and oxygen atoms in total. The Morgan fingerprint density at radius 2 is 1.09 bits per heavy atom. The van der Waals surface area contributed by atoms with E-state index in [1.807, 2.05) is 34.9 Å². The van der Waals surface area contributed by atoms with Crippen LogP contribution in [0.4, 0.5) is 22.7 Å². The summed E-state index contributed by atoms with van der Waals surface area (Å²) >= 11 is 0. The van der Waals surface area contributed by atoms with Crippen LogP contribution in [0.25, 0.3) is 49.9 Å². The molecular formula is C60H58N4O. The average Bonchev–Trinajstić information content (AvgIpc) is 3.88. The van der Waals surface area contributed by atoms with Gasteiger partial charge >= 0.3 is 0 Å². The van der Waals surface area contributed by atoms with Gasteiger partial charge in [-0.1, -0.05) is 153 Å². The Morgan fingerprint density at radius 1 is 0.508 bits per heavy atom. The van der Waals surface area contributed by atoms with Crippen molar-refractivity contribution in [3.63, 3.8) is 0 Å². The number of benzene rings is 7. The minimum Gasteiger partial charge on any atom is -0.457 e. The van der Waals surface area contributed by atoms with Crippen LogP contribution in [0.2, 0.25) is 0 Å². The number of hydrogen-bond acceptors (Lipinski definition) is 4. The van der Waals surface area contributed by atoms with Crippen molar-refractivity contribution in [1.82, 2.24) is 9.55 Å². The fourth-order valence-corrected chi connectivity index (χ4v) is 9.03. The molecule has 0 N–H and O–H groups in total. The molecule has 65 heavy (non-hydrogen) atoms. The molecule has 324 valence electrons. The molecule has 0 fully saturated rings. The molecule has 1 aliphatic heterocycles.